The fourth-order valence-electron chi connectivity index (χ4n) is 2.92. The van der Waals surface area contributed by atoms with Gasteiger partial charge in [-0.2, -0.15) is 4.72 Å². The quantitative estimate of drug-likeness (QED) is 0.241. The Morgan fingerprint density at radius 2 is 1.57 bits per heavy atom. The number of ether oxygens (including phenoxy) is 2. The van der Waals surface area contributed by atoms with Crippen LogP contribution in [0.2, 0.25) is 18.1 Å². The number of methoxy groups -OCH3 is 1. The lowest BCUT2D eigenvalue weighted by molar-refractivity contribution is -0.149. The molecule has 0 saturated heterocycles. The van der Waals surface area contributed by atoms with E-state index in [1.54, 1.807) is 0 Å². The van der Waals surface area contributed by atoms with E-state index in [-0.39, 0.29) is 23.0 Å². The lowest BCUT2D eigenvalue weighted by Gasteiger charge is -2.40. The zero-order valence-electron chi connectivity index (χ0n) is 21.1. The van der Waals surface area contributed by atoms with Gasteiger partial charge in [0.25, 0.3) is 0 Å². The van der Waals surface area contributed by atoms with Crippen molar-refractivity contribution in [2.24, 2.45) is 0 Å². The zero-order valence-corrected chi connectivity index (χ0v) is 22.9. The molecule has 2 rings (SSSR count). The number of hydrogen-bond acceptors (Lipinski definition) is 6. The fourth-order valence-corrected chi connectivity index (χ4v) is 5.31. The summed E-state index contributed by atoms with van der Waals surface area (Å²) in [6, 6.07) is 11.1. The maximum Gasteiger partial charge on any atom is 0.329 e. The lowest BCUT2D eigenvalue weighted by Crippen LogP contribution is -2.60. The zero-order chi connectivity index (χ0) is 26.5. The monoisotopic (exact) mass is 523 g/mol. The SMILES string of the molecule is C=CC[C@@](CO[Si](C)(C)C(C)(C)C)(NS(=O)(=O)c1ccc(Oc2ccc(F)cc2)cc1)C(=O)OC. The van der Waals surface area contributed by atoms with Crippen molar-refractivity contribution in [3.05, 3.63) is 67.0 Å². The van der Waals surface area contributed by atoms with Crippen molar-refractivity contribution in [3.63, 3.8) is 0 Å². The van der Waals surface area contributed by atoms with Gasteiger partial charge in [-0.3, -0.25) is 0 Å². The van der Waals surface area contributed by atoms with Gasteiger partial charge in [0.15, 0.2) is 13.9 Å². The predicted molar refractivity (Wildman–Crippen MR) is 136 cm³/mol. The molecule has 0 saturated carbocycles. The van der Waals surface area contributed by atoms with Crippen molar-refractivity contribution in [1.29, 1.82) is 0 Å². The molecule has 0 bridgehead atoms. The second-order valence-electron chi connectivity index (χ2n) is 9.75. The number of esters is 1. The molecule has 0 amide bonds. The van der Waals surface area contributed by atoms with Gasteiger partial charge in [0, 0.05) is 0 Å². The van der Waals surface area contributed by atoms with E-state index in [4.69, 9.17) is 13.9 Å². The highest BCUT2D eigenvalue weighted by molar-refractivity contribution is 7.89. The fraction of sp³-hybridized carbons (Fsp3) is 0.400. The molecule has 1 atom stereocenters. The standard InChI is InChI=1S/C25H34FNO6SSi/c1-8-17-25(23(28)31-5,18-32-35(6,7)24(2,3)4)27-34(29,30)22-15-13-21(14-16-22)33-20-11-9-19(26)10-12-20/h8-16,27H,1,17-18H2,2-7H3/t25-/m0/s1. The van der Waals surface area contributed by atoms with E-state index in [0.717, 1.165) is 0 Å². The molecule has 0 spiro atoms. The Morgan fingerprint density at radius 1 is 1.06 bits per heavy atom. The minimum absolute atomic E-state index is 0.0285. The van der Waals surface area contributed by atoms with Gasteiger partial charge >= 0.3 is 5.97 Å². The molecule has 35 heavy (non-hydrogen) atoms. The van der Waals surface area contributed by atoms with E-state index in [1.165, 1.54) is 61.7 Å². The first-order valence-electron chi connectivity index (χ1n) is 11.1. The van der Waals surface area contributed by atoms with Crippen molar-refractivity contribution >= 4 is 24.3 Å². The first-order chi connectivity index (χ1) is 16.2. The summed E-state index contributed by atoms with van der Waals surface area (Å²) in [5.41, 5.74) is -1.69. The van der Waals surface area contributed by atoms with Crippen molar-refractivity contribution in [1.82, 2.24) is 4.72 Å². The topological polar surface area (TPSA) is 90.9 Å². The van der Waals surface area contributed by atoms with Crippen LogP contribution in [0.15, 0.2) is 66.1 Å². The smallest absolute Gasteiger partial charge is 0.329 e. The second-order valence-corrected chi connectivity index (χ2v) is 16.2. The van der Waals surface area contributed by atoms with Crippen LogP contribution in [0.1, 0.15) is 27.2 Å². The molecule has 10 heteroatoms. The molecule has 0 aliphatic carbocycles. The first kappa shape index (κ1) is 28.7. The number of sulfonamides is 1. The average molecular weight is 524 g/mol. The molecule has 0 unspecified atom stereocenters. The molecule has 2 aromatic carbocycles. The van der Waals surface area contributed by atoms with Crippen LogP contribution < -0.4 is 9.46 Å². The molecule has 0 aromatic heterocycles. The van der Waals surface area contributed by atoms with Gasteiger partial charge in [-0.15, -0.1) is 6.58 Å². The van der Waals surface area contributed by atoms with E-state index in [0.29, 0.717) is 11.5 Å². The van der Waals surface area contributed by atoms with Crippen LogP contribution in [0.3, 0.4) is 0 Å². The van der Waals surface area contributed by atoms with Gasteiger partial charge in [-0.1, -0.05) is 26.8 Å². The largest absolute Gasteiger partial charge is 0.468 e. The van der Waals surface area contributed by atoms with Gasteiger partial charge in [0.1, 0.15) is 17.3 Å². The van der Waals surface area contributed by atoms with Crippen LogP contribution in [0, 0.1) is 5.82 Å². The van der Waals surface area contributed by atoms with Crippen molar-refractivity contribution in [2.75, 3.05) is 13.7 Å². The molecule has 0 aliphatic heterocycles. The van der Waals surface area contributed by atoms with Crippen LogP contribution in [0.25, 0.3) is 0 Å². The number of rotatable bonds is 11. The van der Waals surface area contributed by atoms with E-state index in [9.17, 15) is 17.6 Å². The number of carbonyl (C=O) groups excluding carboxylic acids is 1. The third-order valence-electron chi connectivity index (χ3n) is 6.07. The third kappa shape index (κ3) is 7.23. The molecule has 2 aromatic rings. The first-order valence-corrected chi connectivity index (χ1v) is 15.5. The highest BCUT2D eigenvalue weighted by Gasteiger charge is 2.46. The Balaban J connectivity index is 2.32. The Bertz CT molecular complexity index is 1130. The van der Waals surface area contributed by atoms with Crippen LogP contribution in [-0.2, 0) is 24.0 Å². The minimum Gasteiger partial charge on any atom is -0.468 e. The van der Waals surface area contributed by atoms with Crippen LogP contribution >= 0.6 is 0 Å². The second kappa shape index (κ2) is 11.0. The Morgan fingerprint density at radius 3 is 2.03 bits per heavy atom. The lowest BCUT2D eigenvalue weighted by atomic mass is 9.98. The summed E-state index contributed by atoms with van der Waals surface area (Å²) in [7, 11) is -5.29. The number of carbonyl (C=O) groups is 1. The van der Waals surface area contributed by atoms with Gasteiger partial charge < -0.3 is 13.9 Å². The van der Waals surface area contributed by atoms with Gasteiger partial charge in [0.05, 0.1) is 18.6 Å². The van der Waals surface area contributed by atoms with Crippen LogP contribution in [0.4, 0.5) is 4.39 Å². The molecule has 0 aliphatic rings. The van der Waals surface area contributed by atoms with Crippen LogP contribution in [-0.4, -0.2) is 42.0 Å². The van der Waals surface area contributed by atoms with E-state index in [1.807, 2.05) is 33.9 Å². The molecule has 0 fully saturated rings. The molecular weight excluding hydrogens is 489 g/mol. The van der Waals surface area contributed by atoms with Crippen molar-refractivity contribution in [2.45, 2.75) is 55.8 Å². The Hall–Kier alpha value is -2.53. The van der Waals surface area contributed by atoms with E-state index < -0.39 is 35.7 Å². The Labute approximate surface area is 208 Å². The summed E-state index contributed by atoms with van der Waals surface area (Å²) in [6.07, 6.45) is 1.42. The van der Waals surface area contributed by atoms with Gasteiger partial charge in [-0.25, -0.2) is 17.6 Å². The molecule has 0 heterocycles. The molecule has 192 valence electrons. The summed E-state index contributed by atoms with van der Waals surface area (Å²) in [6.45, 7) is 13.7. The highest BCUT2D eigenvalue weighted by atomic mass is 32.2. The number of nitrogens with one attached hydrogen (secondary N) is 1. The maximum atomic E-state index is 13.3. The van der Waals surface area contributed by atoms with E-state index >= 15 is 0 Å². The summed E-state index contributed by atoms with van der Waals surface area (Å²) >= 11 is 0. The van der Waals surface area contributed by atoms with Crippen molar-refractivity contribution < 1.29 is 31.5 Å². The molecular formula is C25H34FNO6SSi. The normalized spacial score (nSPS) is 14.1. The average Bonchev–Trinajstić information content (AvgIpc) is 2.78. The molecule has 0 radical (unpaired) electrons. The molecule has 1 N–H and O–H groups in total. The number of benzene rings is 2. The van der Waals surface area contributed by atoms with Gasteiger partial charge in [-0.05, 0) is 73.1 Å². The summed E-state index contributed by atoms with van der Waals surface area (Å²) < 4.78 is 59.0. The van der Waals surface area contributed by atoms with Crippen molar-refractivity contribution in [3.8, 4) is 11.5 Å². The third-order valence-corrected chi connectivity index (χ3v) is 12.1. The van der Waals surface area contributed by atoms with Gasteiger partial charge in [0.2, 0.25) is 10.0 Å². The maximum absolute atomic E-state index is 13.3. The number of hydrogen-bond donors (Lipinski definition) is 1. The highest BCUT2D eigenvalue weighted by Crippen LogP contribution is 2.37. The summed E-state index contributed by atoms with van der Waals surface area (Å²) in [5, 5.41) is -0.151. The van der Waals surface area contributed by atoms with Crippen LogP contribution in [0.5, 0.6) is 11.5 Å². The van der Waals surface area contributed by atoms with E-state index in [2.05, 4.69) is 11.3 Å². The molecule has 7 nitrogen and oxygen atoms in total. The predicted octanol–water partition coefficient (Wildman–Crippen LogP) is 5.41. The summed E-state index contributed by atoms with van der Waals surface area (Å²) in [5.74, 6) is -0.396. The minimum atomic E-state index is -4.16. The summed E-state index contributed by atoms with van der Waals surface area (Å²) in [4.78, 5) is 12.8. The number of halogens is 1. The Kier molecular flexibility index (Phi) is 9.04.